The quantitative estimate of drug-likeness (QED) is 0.865. The van der Waals surface area contributed by atoms with Gasteiger partial charge in [-0.1, -0.05) is 32.9 Å². The van der Waals surface area contributed by atoms with Crippen LogP contribution in [-0.4, -0.2) is 10.1 Å². The van der Waals surface area contributed by atoms with Crippen LogP contribution in [0, 0.1) is 12.3 Å². The van der Waals surface area contributed by atoms with Gasteiger partial charge in [0.1, 0.15) is 5.75 Å². The molecule has 1 aromatic heterocycles. The predicted molar refractivity (Wildman–Crippen MR) is 79.2 cm³/mol. The smallest absolute Gasteiger partial charge is 0.125 e. The van der Waals surface area contributed by atoms with Crippen LogP contribution in [0.15, 0.2) is 36.5 Å². The monoisotopic (exact) mass is 255 g/mol. The molecule has 2 nitrogen and oxygen atoms in total. The van der Waals surface area contributed by atoms with Gasteiger partial charge in [-0.3, -0.25) is 4.98 Å². The number of aryl methyl sites for hydroxylation is 1. The van der Waals surface area contributed by atoms with Crippen LogP contribution < -0.4 is 0 Å². The summed E-state index contributed by atoms with van der Waals surface area (Å²) in [6.07, 6.45) is 2.74. The second-order valence-corrected chi connectivity index (χ2v) is 6.26. The standard InChI is InChI=1S/C17H21NO/c1-12-6-5-9-18-16(12)14-10-13(7-8-15(14)19)11-17(2,3)4/h5-10,19H,11H2,1-4H3. The summed E-state index contributed by atoms with van der Waals surface area (Å²) < 4.78 is 0. The molecule has 0 saturated heterocycles. The van der Waals surface area contributed by atoms with Crippen LogP contribution >= 0.6 is 0 Å². The largest absolute Gasteiger partial charge is 0.507 e. The van der Waals surface area contributed by atoms with E-state index in [9.17, 15) is 5.11 Å². The summed E-state index contributed by atoms with van der Waals surface area (Å²) >= 11 is 0. The molecule has 100 valence electrons. The maximum Gasteiger partial charge on any atom is 0.125 e. The number of rotatable bonds is 2. The summed E-state index contributed by atoms with van der Waals surface area (Å²) in [5, 5.41) is 10.1. The minimum absolute atomic E-state index is 0.230. The van der Waals surface area contributed by atoms with Gasteiger partial charge in [0.25, 0.3) is 0 Å². The van der Waals surface area contributed by atoms with E-state index >= 15 is 0 Å². The van der Waals surface area contributed by atoms with Crippen molar-refractivity contribution in [2.45, 2.75) is 34.1 Å². The van der Waals surface area contributed by atoms with Crippen LogP contribution in [0.1, 0.15) is 31.9 Å². The maximum absolute atomic E-state index is 10.1. The Kier molecular flexibility index (Phi) is 3.61. The first-order valence-electron chi connectivity index (χ1n) is 6.61. The van der Waals surface area contributed by atoms with Crippen molar-refractivity contribution >= 4 is 0 Å². The van der Waals surface area contributed by atoms with Crippen LogP contribution in [0.2, 0.25) is 0 Å². The zero-order chi connectivity index (χ0) is 14.0. The molecule has 1 aromatic carbocycles. The molecule has 1 N–H and O–H groups in total. The molecule has 0 atom stereocenters. The Morgan fingerprint density at radius 2 is 1.89 bits per heavy atom. The molecule has 0 fully saturated rings. The first-order valence-corrected chi connectivity index (χ1v) is 6.61. The van der Waals surface area contributed by atoms with Gasteiger partial charge in [0.05, 0.1) is 5.69 Å². The Labute approximate surface area is 115 Å². The summed E-state index contributed by atoms with van der Waals surface area (Å²) in [4.78, 5) is 4.39. The van der Waals surface area contributed by atoms with E-state index in [2.05, 4.69) is 31.8 Å². The van der Waals surface area contributed by atoms with E-state index < -0.39 is 0 Å². The molecular weight excluding hydrogens is 234 g/mol. The Hall–Kier alpha value is -1.83. The third-order valence-electron chi connectivity index (χ3n) is 3.06. The van der Waals surface area contributed by atoms with Crippen LogP contribution in [-0.2, 0) is 6.42 Å². The van der Waals surface area contributed by atoms with E-state index in [1.54, 1.807) is 12.3 Å². The molecule has 1 heterocycles. The molecule has 0 bridgehead atoms. The van der Waals surface area contributed by atoms with Crippen LogP contribution in [0.25, 0.3) is 11.3 Å². The fraction of sp³-hybridized carbons (Fsp3) is 0.353. The number of pyridine rings is 1. The maximum atomic E-state index is 10.1. The Bertz CT molecular complexity index is 582. The zero-order valence-corrected chi connectivity index (χ0v) is 12.1. The van der Waals surface area contributed by atoms with Crippen LogP contribution in [0.4, 0.5) is 0 Å². The highest BCUT2D eigenvalue weighted by atomic mass is 16.3. The second-order valence-electron chi connectivity index (χ2n) is 6.26. The van der Waals surface area contributed by atoms with Gasteiger partial charge in [0, 0.05) is 11.8 Å². The molecular formula is C17H21NO. The SMILES string of the molecule is Cc1cccnc1-c1cc(CC(C)(C)C)ccc1O. The van der Waals surface area contributed by atoms with E-state index in [-0.39, 0.29) is 5.41 Å². The number of nitrogens with zero attached hydrogens (tertiary/aromatic N) is 1. The molecule has 2 rings (SSSR count). The summed E-state index contributed by atoms with van der Waals surface area (Å²) in [7, 11) is 0. The highest BCUT2D eigenvalue weighted by molar-refractivity contribution is 5.70. The molecule has 2 heteroatoms. The minimum Gasteiger partial charge on any atom is -0.507 e. The van der Waals surface area contributed by atoms with Crippen LogP contribution in [0.5, 0.6) is 5.75 Å². The number of hydrogen-bond acceptors (Lipinski definition) is 2. The van der Waals surface area contributed by atoms with Crippen molar-refractivity contribution < 1.29 is 5.11 Å². The number of phenols is 1. The van der Waals surface area contributed by atoms with Crippen molar-refractivity contribution in [2.75, 3.05) is 0 Å². The topological polar surface area (TPSA) is 33.1 Å². The third kappa shape index (κ3) is 3.34. The predicted octanol–water partition coefficient (Wildman–Crippen LogP) is 4.35. The Morgan fingerprint density at radius 3 is 2.53 bits per heavy atom. The van der Waals surface area contributed by atoms with E-state index in [4.69, 9.17) is 0 Å². The molecule has 19 heavy (non-hydrogen) atoms. The van der Waals surface area contributed by atoms with E-state index in [0.29, 0.717) is 5.75 Å². The van der Waals surface area contributed by atoms with Crippen molar-refractivity contribution in [1.82, 2.24) is 4.98 Å². The van der Waals surface area contributed by atoms with Gasteiger partial charge in [0.15, 0.2) is 0 Å². The molecule has 0 unspecified atom stereocenters. The minimum atomic E-state index is 0.230. The molecule has 0 aliphatic heterocycles. The van der Waals surface area contributed by atoms with Crippen molar-refractivity contribution in [3.63, 3.8) is 0 Å². The Morgan fingerprint density at radius 1 is 1.16 bits per heavy atom. The van der Waals surface area contributed by atoms with Gasteiger partial charge >= 0.3 is 0 Å². The van der Waals surface area contributed by atoms with Gasteiger partial charge in [-0.2, -0.15) is 0 Å². The lowest BCUT2D eigenvalue weighted by Gasteiger charge is -2.19. The summed E-state index contributed by atoms with van der Waals surface area (Å²) in [5.41, 5.74) is 4.21. The molecule has 0 amide bonds. The van der Waals surface area contributed by atoms with Gasteiger partial charge in [-0.25, -0.2) is 0 Å². The van der Waals surface area contributed by atoms with Gasteiger partial charge in [-0.15, -0.1) is 0 Å². The number of aromatic hydroxyl groups is 1. The summed E-state index contributed by atoms with van der Waals surface area (Å²) in [6.45, 7) is 8.65. The first kappa shape index (κ1) is 13.6. The van der Waals surface area contributed by atoms with Gasteiger partial charge in [-0.05, 0) is 48.1 Å². The normalized spacial score (nSPS) is 11.6. The van der Waals surface area contributed by atoms with Crippen molar-refractivity contribution in [3.8, 4) is 17.0 Å². The second kappa shape index (κ2) is 5.04. The van der Waals surface area contributed by atoms with Crippen LogP contribution in [0.3, 0.4) is 0 Å². The zero-order valence-electron chi connectivity index (χ0n) is 12.1. The lowest BCUT2D eigenvalue weighted by molar-refractivity contribution is 0.410. The molecule has 0 saturated carbocycles. The lowest BCUT2D eigenvalue weighted by Crippen LogP contribution is -2.09. The Balaban J connectivity index is 2.46. The van der Waals surface area contributed by atoms with Crippen molar-refractivity contribution in [3.05, 3.63) is 47.7 Å². The van der Waals surface area contributed by atoms with Crippen molar-refractivity contribution in [1.29, 1.82) is 0 Å². The fourth-order valence-corrected chi connectivity index (χ4v) is 2.26. The average molecular weight is 255 g/mol. The molecule has 2 aromatic rings. The van der Waals surface area contributed by atoms with E-state index in [1.165, 1.54) is 5.56 Å². The fourth-order valence-electron chi connectivity index (χ4n) is 2.26. The lowest BCUT2D eigenvalue weighted by atomic mass is 9.87. The van der Waals surface area contributed by atoms with E-state index in [0.717, 1.165) is 23.2 Å². The molecule has 0 aliphatic rings. The number of benzene rings is 1. The first-order chi connectivity index (χ1) is 8.87. The average Bonchev–Trinajstić information content (AvgIpc) is 2.31. The van der Waals surface area contributed by atoms with Gasteiger partial charge < -0.3 is 5.11 Å². The number of aromatic nitrogens is 1. The highest BCUT2D eigenvalue weighted by Crippen LogP contribution is 2.32. The molecule has 0 spiro atoms. The molecule has 0 aliphatic carbocycles. The van der Waals surface area contributed by atoms with E-state index in [1.807, 2.05) is 25.1 Å². The van der Waals surface area contributed by atoms with Gasteiger partial charge in [0.2, 0.25) is 0 Å². The number of phenolic OH excluding ortho intramolecular Hbond substituents is 1. The highest BCUT2D eigenvalue weighted by Gasteiger charge is 2.14. The summed E-state index contributed by atoms with van der Waals surface area (Å²) in [6, 6.07) is 9.73. The van der Waals surface area contributed by atoms with Crippen molar-refractivity contribution in [2.24, 2.45) is 5.41 Å². The third-order valence-corrected chi connectivity index (χ3v) is 3.06. The molecule has 0 radical (unpaired) electrons. The number of hydrogen-bond donors (Lipinski definition) is 1. The summed E-state index contributed by atoms with van der Waals surface area (Å²) in [5.74, 6) is 0.291.